The van der Waals surface area contributed by atoms with E-state index in [9.17, 15) is 4.79 Å². The Morgan fingerprint density at radius 1 is 1.11 bits per heavy atom. The number of carbonyl (C=O) groups excluding carboxylic acids is 1. The molecule has 2 aromatic rings. The van der Waals surface area contributed by atoms with Crippen LogP contribution in [0.15, 0.2) is 48.8 Å². The minimum absolute atomic E-state index is 0.00671. The lowest BCUT2D eigenvalue weighted by Gasteiger charge is -2.43. The summed E-state index contributed by atoms with van der Waals surface area (Å²) in [4.78, 5) is 17.7. The molecule has 0 N–H and O–H groups in total. The lowest BCUT2D eigenvalue weighted by Crippen LogP contribution is -2.51. The van der Waals surface area contributed by atoms with Crippen molar-refractivity contribution in [3.8, 4) is 0 Å². The Morgan fingerprint density at radius 2 is 1.93 bits per heavy atom. The molecular formula is C22H30N4O2. The summed E-state index contributed by atoms with van der Waals surface area (Å²) in [6.45, 7) is 5.23. The molecule has 0 unspecified atom stereocenters. The van der Waals surface area contributed by atoms with Crippen LogP contribution in [-0.4, -0.2) is 64.4 Å². The number of hydrogen-bond donors (Lipinski definition) is 0. The van der Waals surface area contributed by atoms with E-state index in [1.54, 1.807) is 6.20 Å². The summed E-state index contributed by atoms with van der Waals surface area (Å²) >= 11 is 0. The van der Waals surface area contributed by atoms with Gasteiger partial charge in [0.2, 0.25) is 5.91 Å². The topological polar surface area (TPSA) is 50.6 Å². The Morgan fingerprint density at radius 3 is 2.68 bits per heavy atom. The normalized spacial score (nSPS) is 23.2. The van der Waals surface area contributed by atoms with Gasteiger partial charge >= 0.3 is 0 Å². The zero-order valence-electron chi connectivity index (χ0n) is 16.4. The summed E-state index contributed by atoms with van der Waals surface area (Å²) in [5, 5.41) is 4.22. The average molecular weight is 383 g/mol. The van der Waals surface area contributed by atoms with Gasteiger partial charge < -0.3 is 14.5 Å². The molecule has 2 atom stereocenters. The first kappa shape index (κ1) is 19.2. The molecule has 28 heavy (non-hydrogen) atoms. The number of hydrogen-bond acceptors (Lipinski definition) is 4. The number of likely N-dealkylation sites (tertiary alicyclic amines) is 1. The van der Waals surface area contributed by atoms with Crippen LogP contribution in [0.1, 0.15) is 37.3 Å². The van der Waals surface area contributed by atoms with Crippen LogP contribution in [0.2, 0.25) is 0 Å². The Bertz CT molecular complexity index is 728. The maximum Gasteiger partial charge on any atom is 0.223 e. The Kier molecular flexibility index (Phi) is 6.39. The van der Waals surface area contributed by atoms with Gasteiger partial charge in [-0.1, -0.05) is 30.3 Å². The van der Waals surface area contributed by atoms with E-state index >= 15 is 0 Å². The van der Waals surface area contributed by atoms with E-state index in [1.165, 1.54) is 18.4 Å². The first-order valence-corrected chi connectivity index (χ1v) is 10.5. The summed E-state index contributed by atoms with van der Waals surface area (Å²) in [5.74, 6) is 0.218. The van der Waals surface area contributed by atoms with Gasteiger partial charge in [-0.3, -0.25) is 9.48 Å². The third kappa shape index (κ3) is 4.62. The number of morpholine rings is 1. The van der Waals surface area contributed by atoms with Crippen LogP contribution < -0.4 is 0 Å². The highest BCUT2D eigenvalue weighted by Gasteiger charge is 2.37. The summed E-state index contributed by atoms with van der Waals surface area (Å²) < 4.78 is 8.09. The fourth-order valence-electron chi connectivity index (χ4n) is 4.40. The molecule has 1 aromatic heterocycles. The van der Waals surface area contributed by atoms with Crippen molar-refractivity contribution in [1.82, 2.24) is 19.6 Å². The van der Waals surface area contributed by atoms with Gasteiger partial charge in [0.25, 0.3) is 0 Å². The molecule has 0 radical (unpaired) electrons. The highest BCUT2D eigenvalue weighted by atomic mass is 16.5. The van der Waals surface area contributed by atoms with Gasteiger partial charge in [0.15, 0.2) is 0 Å². The summed E-state index contributed by atoms with van der Waals surface area (Å²) in [6, 6.07) is 12.3. The largest absolute Gasteiger partial charge is 0.373 e. The molecule has 0 aliphatic carbocycles. The van der Waals surface area contributed by atoms with E-state index in [0.29, 0.717) is 19.6 Å². The van der Waals surface area contributed by atoms with Gasteiger partial charge in [-0.25, -0.2) is 0 Å². The molecule has 3 heterocycles. The van der Waals surface area contributed by atoms with Crippen molar-refractivity contribution in [2.45, 2.75) is 44.4 Å². The Balaban J connectivity index is 1.45. The molecule has 6 nitrogen and oxygen atoms in total. The fourth-order valence-corrected chi connectivity index (χ4v) is 4.40. The van der Waals surface area contributed by atoms with Crippen LogP contribution in [0.5, 0.6) is 0 Å². The predicted octanol–water partition coefficient (Wildman–Crippen LogP) is 2.73. The van der Waals surface area contributed by atoms with E-state index < -0.39 is 0 Å². The molecule has 0 saturated carbocycles. The second kappa shape index (κ2) is 9.34. The molecule has 6 heteroatoms. The van der Waals surface area contributed by atoms with Crippen molar-refractivity contribution in [3.63, 3.8) is 0 Å². The molecular weight excluding hydrogens is 352 g/mol. The van der Waals surface area contributed by atoms with Crippen LogP contribution in [0.25, 0.3) is 0 Å². The minimum atomic E-state index is -0.00671. The second-order valence-electron chi connectivity index (χ2n) is 7.73. The highest BCUT2D eigenvalue weighted by Crippen LogP contribution is 2.31. The van der Waals surface area contributed by atoms with Crippen LogP contribution >= 0.6 is 0 Å². The SMILES string of the molecule is O=C(CCCn1cccn1)N1CCO[C@@H](CN2CCCC2)[C@@H]1c1ccccc1. The number of carbonyl (C=O) groups is 1. The highest BCUT2D eigenvalue weighted by molar-refractivity contribution is 5.77. The van der Waals surface area contributed by atoms with E-state index in [4.69, 9.17) is 4.74 Å². The van der Waals surface area contributed by atoms with Crippen molar-refractivity contribution in [1.29, 1.82) is 0 Å². The molecule has 2 aliphatic heterocycles. The minimum Gasteiger partial charge on any atom is -0.373 e. The first-order chi connectivity index (χ1) is 13.8. The third-order valence-electron chi connectivity index (χ3n) is 5.79. The van der Waals surface area contributed by atoms with Crippen molar-refractivity contribution in [2.75, 3.05) is 32.8 Å². The van der Waals surface area contributed by atoms with E-state index in [-0.39, 0.29) is 18.1 Å². The fraction of sp³-hybridized carbons (Fsp3) is 0.545. The molecule has 2 aliphatic rings. The maximum absolute atomic E-state index is 13.1. The molecule has 1 amide bonds. The number of ether oxygens (including phenoxy) is 1. The number of nitrogens with zero attached hydrogens (tertiary/aromatic N) is 4. The van der Waals surface area contributed by atoms with Crippen molar-refractivity contribution in [2.24, 2.45) is 0 Å². The van der Waals surface area contributed by atoms with Crippen LogP contribution in [0, 0.1) is 0 Å². The Hall–Kier alpha value is -2.18. The number of amides is 1. The Labute approximate surface area is 167 Å². The standard InChI is InChI=1S/C22H30N4O2/c27-21(10-6-14-25-15-7-11-23-25)26-16-17-28-20(18-24-12-4-5-13-24)22(26)19-8-2-1-3-9-19/h1-3,7-9,11,15,20,22H,4-6,10,12-14,16-18H2/t20-,22-/m0/s1. The van der Waals surface area contributed by atoms with E-state index in [0.717, 1.165) is 32.6 Å². The maximum atomic E-state index is 13.1. The molecule has 2 fully saturated rings. The predicted molar refractivity (Wildman–Crippen MR) is 108 cm³/mol. The summed E-state index contributed by atoms with van der Waals surface area (Å²) in [5.41, 5.74) is 1.17. The van der Waals surface area contributed by atoms with Gasteiger partial charge in [0.1, 0.15) is 0 Å². The quantitative estimate of drug-likeness (QED) is 0.739. The zero-order chi connectivity index (χ0) is 19.2. The van der Waals surface area contributed by atoms with Crippen molar-refractivity contribution >= 4 is 5.91 Å². The van der Waals surface area contributed by atoms with Crippen LogP contribution in [0.3, 0.4) is 0 Å². The van der Waals surface area contributed by atoms with E-state index in [2.05, 4.69) is 39.2 Å². The van der Waals surface area contributed by atoms with Crippen LogP contribution in [-0.2, 0) is 16.1 Å². The zero-order valence-corrected chi connectivity index (χ0v) is 16.4. The second-order valence-corrected chi connectivity index (χ2v) is 7.73. The lowest BCUT2D eigenvalue weighted by atomic mass is 9.97. The lowest BCUT2D eigenvalue weighted by molar-refractivity contribution is -0.148. The first-order valence-electron chi connectivity index (χ1n) is 10.5. The summed E-state index contributed by atoms with van der Waals surface area (Å²) in [6.07, 6.45) is 7.62. The van der Waals surface area contributed by atoms with E-state index in [1.807, 2.05) is 23.0 Å². The van der Waals surface area contributed by atoms with Gasteiger partial charge in [0, 0.05) is 38.4 Å². The molecule has 1 aromatic carbocycles. The summed E-state index contributed by atoms with van der Waals surface area (Å²) in [7, 11) is 0. The van der Waals surface area contributed by atoms with Gasteiger partial charge in [-0.15, -0.1) is 0 Å². The average Bonchev–Trinajstić information content (AvgIpc) is 3.43. The molecule has 150 valence electrons. The number of benzene rings is 1. The third-order valence-corrected chi connectivity index (χ3v) is 5.79. The monoisotopic (exact) mass is 382 g/mol. The molecule has 2 saturated heterocycles. The van der Waals surface area contributed by atoms with Crippen molar-refractivity contribution < 1.29 is 9.53 Å². The molecule has 0 spiro atoms. The molecule has 4 rings (SSSR count). The number of rotatable bonds is 7. The van der Waals surface area contributed by atoms with Crippen molar-refractivity contribution in [3.05, 3.63) is 54.4 Å². The number of aryl methyl sites for hydroxylation is 1. The van der Waals surface area contributed by atoms with Gasteiger partial charge in [-0.2, -0.15) is 5.10 Å². The molecule has 0 bridgehead atoms. The smallest absolute Gasteiger partial charge is 0.223 e. The van der Waals surface area contributed by atoms with Gasteiger partial charge in [0.05, 0.1) is 18.8 Å². The van der Waals surface area contributed by atoms with Gasteiger partial charge in [-0.05, 0) is 44.0 Å². The number of aromatic nitrogens is 2. The van der Waals surface area contributed by atoms with Crippen LogP contribution in [0.4, 0.5) is 0 Å².